The zero-order valence-corrected chi connectivity index (χ0v) is 19.3. The number of amides is 1. The Balaban J connectivity index is 1.20. The van der Waals surface area contributed by atoms with Gasteiger partial charge in [-0.2, -0.15) is 0 Å². The van der Waals surface area contributed by atoms with Crippen molar-refractivity contribution in [3.63, 3.8) is 0 Å². The van der Waals surface area contributed by atoms with Crippen molar-refractivity contribution in [3.05, 3.63) is 48.0 Å². The maximum absolute atomic E-state index is 13.0. The first-order chi connectivity index (χ1) is 15.7. The molecule has 5 fully saturated rings. The van der Waals surface area contributed by atoms with Gasteiger partial charge in [-0.05, 0) is 85.5 Å². The third-order valence-electron chi connectivity index (χ3n) is 8.97. The summed E-state index contributed by atoms with van der Waals surface area (Å²) in [6.45, 7) is 4.52. The fourth-order valence-corrected chi connectivity index (χ4v) is 7.88. The second-order valence-electron chi connectivity index (χ2n) is 11.0. The number of likely N-dealkylation sites (N-methyl/N-ethyl adjacent to an activating group) is 1. The minimum atomic E-state index is -0.0387. The highest BCUT2D eigenvalue weighted by atomic mass is 16.2. The molecule has 1 aliphatic heterocycles. The van der Waals surface area contributed by atoms with Crippen LogP contribution in [0.15, 0.2) is 42.5 Å². The predicted octanol–water partition coefficient (Wildman–Crippen LogP) is 4.33. The van der Waals surface area contributed by atoms with Crippen LogP contribution in [0.4, 0.5) is 0 Å². The van der Waals surface area contributed by atoms with Gasteiger partial charge in [0.25, 0.3) is 0 Å². The Morgan fingerprint density at radius 3 is 2.41 bits per heavy atom. The molecule has 0 unspecified atom stereocenters. The lowest BCUT2D eigenvalue weighted by Crippen LogP contribution is -2.57. The second kappa shape index (κ2) is 8.46. The van der Waals surface area contributed by atoms with E-state index in [0.717, 1.165) is 43.2 Å². The van der Waals surface area contributed by atoms with Gasteiger partial charge in [-0.1, -0.05) is 42.5 Å². The van der Waals surface area contributed by atoms with E-state index < -0.39 is 0 Å². The number of nitrogens with zero attached hydrogens (tertiary/aromatic N) is 1. The molecular weight excluding hydrogens is 394 g/mol. The highest BCUT2D eigenvalue weighted by Crippen LogP contribution is 2.54. The molecule has 170 valence electrons. The summed E-state index contributed by atoms with van der Waals surface area (Å²) in [5.74, 6) is 3.96. The van der Waals surface area contributed by atoms with Gasteiger partial charge in [0.05, 0.1) is 6.04 Å². The van der Waals surface area contributed by atoms with Crippen LogP contribution in [0.3, 0.4) is 0 Å². The predicted molar refractivity (Wildman–Crippen MR) is 129 cm³/mol. The molecule has 4 nitrogen and oxygen atoms in total. The molecule has 4 saturated carbocycles. The summed E-state index contributed by atoms with van der Waals surface area (Å²) in [7, 11) is 0. The zero-order valence-electron chi connectivity index (χ0n) is 19.3. The Hall–Kier alpha value is -1.91. The maximum atomic E-state index is 13.0. The van der Waals surface area contributed by atoms with Gasteiger partial charge in [0.2, 0.25) is 5.91 Å². The fraction of sp³-hybridized carbons (Fsp3) is 0.607. The van der Waals surface area contributed by atoms with Crippen molar-refractivity contribution in [1.29, 1.82) is 0 Å². The summed E-state index contributed by atoms with van der Waals surface area (Å²) in [4.78, 5) is 15.4. The van der Waals surface area contributed by atoms with Gasteiger partial charge in [0.15, 0.2) is 0 Å². The molecule has 4 bridgehead atoms. The number of fused-ring (bicyclic) bond motifs is 1. The topological polar surface area (TPSA) is 44.4 Å². The van der Waals surface area contributed by atoms with Gasteiger partial charge < -0.3 is 10.6 Å². The largest absolute Gasteiger partial charge is 0.355 e. The molecular formula is C28H37N3O. The average molecular weight is 432 g/mol. The standard InChI is InChI=1S/C28H37N3O/c1-2-29-28(32)26-15-24(30-27-22-11-18-10-19(13-22)14-23(27)12-18)17-31(26)16-21-8-5-7-20-6-3-4-9-25(20)21/h3-9,18-19,22-24,26-27,30H,2,10-17H2,1H3,(H,29,32)/t18?,19?,22?,23?,24-,26-,27?/m0/s1. The van der Waals surface area contributed by atoms with E-state index in [0.29, 0.717) is 18.6 Å². The Bertz CT molecular complexity index is 954. The lowest BCUT2D eigenvalue weighted by atomic mass is 9.54. The van der Waals surface area contributed by atoms with Gasteiger partial charge in [-0.3, -0.25) is 9.69 Å². The third-order valence-corrected chi connectivity index (χ3v) is 8.97. The van der Waals surface area contributed by atoms with Crippen molar-refractivity contribution in [2.45, 2.75) is 70.1 Å². The molecule has 4 aliphatic carbocycles. The van der Waals surface area contributed by atoms with E-state index in [1.54, 1.807) is 0 Å². The van der Waals surface area contributed by atoms with Crippen LogP contribution in [-0.2, 0) is 11.3 Å². The number of nitrogens with one attached hydrogen (secondary N) is 2. The Kier molecular flexibility index (Phi) is 5.47. The summed E-state index contributed by atoms with van der Waals surface area (Å²) in [5, 5.41) is 9.81. The third kappa shape index (κ3) is 3.76. The number of rotatable bonds is 6. The van der Waals surface area contributed by atoms with Gasteiger partial charge in [0.1, 0.15) is 0 Å². The SMILES string of the molecule is CCNC(=O)[C@@H]1C[C@H](NC2C3CC4CC(C3)CC2C4)CN1Cc1cccc2ccccc12. The van der Waals surface area contributed by atoms with Crippen LogP contribution in [-0.4, -0.2) is 42.0 Å². The van der Waals surface area contributed by atoms with Crippen LogP contribution in [0.25, 0.3) is 10.8 Å². The van der Waals surface area contributed by atoms with Gasteiger partial charge in [-0.15, -0.1) is 0 Å². The molecule has 4 heteroatoms. The van der Waals surface area contributed by atoms with Crippen LogP contribution in [0.2, 0.25) is 0 Å². The van der Waals surface area contributed by atoms with Crippen molar-refractivity contribution < 1.29 is 4.79 Å². The lowest BCUT2D eigenvalue weighted by molar-refractivity contribution is -0.125. The normalized spacial score (nSPS) is 36.1. The Labute approximate surface area is 192 Å². The van der Waals surface area contributed by atoms with Crippen LogP contribution >= 0.6 is 0 Å². The molecule has 2 N–H and O–H groups in total. The first kappa shape index (κ1) is 20.7. The fourth-order valence-electron chi connectivity index (χ4n) is 7.88. The van der Waals surface area contributed by atoms with Crippen molar-refractivity contribution in [2.75, 3.05) is 13.1 Å². The minimum Gasteiger partial charge on any atom is -0.355 e. The van der Waals surface area contributed by atoms with E-state index in [1.165, 1.54) is 48.4 Å². The van der Waals surface area contributed by atoms with Gasteiger partial charge in [0, 0.05) is 31.7 Å². The van der Waals surface area contributed by atoms with Crippen molar-refractivity contribution in [1.82, 2.24) is 15.5 Å². The highest BCUT2D eigenvalue weighted by molar-refractivity contribution is 5.86. The van der Waals surface area contributed by atoms with E-state index in [2.05, 4.69) is 58.0 Å². The molecule has 0 radical (unpaired) electrons. The van der Waals surface area contributed by atoms with Crippen molar-refractivity contribution in [3.8, 4) is 0 Å². The number of hydrogen-bond donors (Lipinski definition) is 2. The molecule has 1 heterocycles. The highest BCUT2D eigenvalue weighted by Gasteiger charge is 2.49. The molecule has 0 spiro atoms. The number of hydrogen-bond acceptors (Lipinski definition) is 3. The Morgan fingerprint density at radius 2 is 1.66 bits per heavy atom. The molecule has 7 rings (SSSR count). The summed E-state index contributed by atoms with van der Waals surface area (Å²) < 4.78 is 0. The first-order valence-corrected chi connectivity index (χ1v) is 12.9. The Morgan fingerprint density at radius 1 is 0.938 bits per heavy atom. The molecule has 2 atom stereocenters. The lowest BCUT2D eigenvalue weighted by Gasteiger charge is -2.55. The first-order valence-electron chi connectivity index (χ1n) is 12.9. The molecule has 1 amide bonds. The molecule has 32 heavy (non-hydrogen) atoms. The van der Waals surface area contributed by atoms with Crippen molar-refractivity contribution >= 4 is 16.7 Å². The van der Waals surface area contributed by atoms with E-state index in [-0.39, 0.29) is 11.9 Å². The van der Waals surface area contributed by atoms with E-state index in [4.69, 9.17) is 0 Å². The second-order valence-corrected chi connectivity index (χ2v) is 11.0. The van der Waals surface area contributed by atoms with Crippen LogP contribution in [0.1, 0.15) is 51.0 Å². The molecule has 1 saturated heterocycles. The average Bonchev–Trinajstić information content (AvgIpc) is 3.19. The van der Waals surface area contributed by atoms with Gasteiger partial charge in [-0.25, -0.2) is 0 Å². The summed E-state index contributed by atoms with van der Waals surface area (Å²) >= 11 is 0. The smallest absolute Gasteiger partial charge is 0.237 e. The minimum absolute atomic E-state index is 0.0387. The van der Waals surface area contributed by atoms with E-state index in [9.17, 15) is 4.79 Å². The quantitative estimate of drug-likeness (QED) is 0.715. The zero-order chi connectivity index (χ0) is 21.7. The van der Waals surface area contributed by atoms with Crippen LogP contribution < -0.4 is 10.6 Å². The molecule has 5 aliphatic rings. The molecule has 2 aromatic carbocycles. The van der Waals surface area contributed by atoms with Crippen LogP contribution in [0.5, 0.6) is 0 Å². The summed E-state index contributed by atoms with van der Waals surface area (Å²) in [5.41, 5.74) is 1.33. The summed E-state index contributed by atoms with van der Waals surface area (Å²) in [6.07, 6.45) is 8.20. The van der Waals surface area contributed by atoms with E-state index in [1.807, 2.05) is 6.92 Å². The number of likely N-dealkylation sites (tertiary alicyclic amines) is 1. The van der Waals surface area contributed by atoms with Gasteiger partial charge >= 0.3 is 0 Å². The number of carbonyl (C=O) groups excluding carboxylic acids is 1. The van der Waals surface area contributed by atoms with Crippen LogP contribution in [0, 0.1) is 23.7 Å². The van der Waals surface area contributed by atoms with Crippen molar-refractivity contribution in [2.24, 2.45) is 23.7 Å². The summed E-state index contributed by atoms with van der Waals surface area (Å²) in [6, 6.07) is 16.2. The molecule has 2 aromatic rings. The molecule has 0 aromatic heterocycles. The van der Waals surface area contributed by atoms with E-state index >= 15 is 0 Å². The maximum Gasteiger partial charge on any atom is 0.237 e. The number of carbonyl (C=O) groups is 1. The number of benzene rings is 2. The monoisotopic (exact) mass is 431 g/mol.